The van der Waals surface area contributed by atoms with Crippen LogP contribution in [-0.4, -0.2) is 48.3 Å². The van der Waals surface area contributed by atoms with Crippen molar-refractivity contribution >= 4 is 39.2 Å². The van der Waals surface area contributed by atoms with Gasteiger partial charge in [-0.1, -0.05) is 11.3 Å². The van der Waals surface area contributed by atoms with Crippen molar-refractivity contribution in [3.8, 4) is 0 Å². The number of nitrogens with one attached hydrogen (secondary N) is 1. The van der Waals surface area contributed by atoms with Crippen LogP contribution in [0.4, 0.5) is 19.7 Å². The Labute approximate surface area is 185 Å². The maximum atomic E-state index is 14.3. The van der Waals surface area contributed by atoms with Gasteiger partial charge in [-0.2, -0.15) is 5.10 Å². The predicted octanol–water partition coefficient (Wildman–Crippen LogP) is 1.63. The summed E-state index contributed by atoms with van der Waals surface area (Å²) in [4.78, 5) is 43.9. The summed E-state index contributed by atoms with van der Waals surface area (Å²) in [6.45, 7) is 4.88. The lowest BCUT2D eigenvalue weighted by Crippen LogP contribution is -2.38. The van der Waals surface area contributed by atoms with Gasteiger partial charge in [0.25, 0.3) is 11.5 Å². The van der Waals surface area contributed by atoms with E-state index in [1.165, 1.54) is 34.4 Å². The molecule has 0 spiro atoms. The van der Waals surface area contributed by atoms with E-state index in [2.05, 4.69) is 15.4 Å². The standard InChI is InChI=1S/C19H23F2N7O3S/c1-8-11(20)6-13(21)27(8)15-10(3)32-18(23-15)24-16(29)9(2)28-14-12(7-22-28)25(4)19(31)26(5)17(14)30/h7-9,11,13H,6H2,1-5H3,(H,23,24,29)/t8?,9-,11?,13?/m0/s1. The SMILES string of the molecule is Cc1sc(NC(=O)[C@H](C)n2ncc3c2c(=O)n(C)c(=O)n3C)nc1N1C(F)CC(F)C1C. The summed E-state index contributed by atoms with van der Waals surface area (Å²) in [5, 5.41) is 7.04. The summed E-state index contributed by atoms with van der Waals surface area (Å²) in [7, 11) is 2.87. The molecule has 1 aliphatic rings. The first-order valence-electron chi connectivity index (χ1n) is 10.0. The Morgan fingerprint density at radius 1 is 1.28 bits per heavy atom. The number of anilines is 2. The van der Waals surface area contributed by atoms with Crippen LogP contribution in [0, 0.1) is 6.92 Å². The molecule has 1 N–H and O–H groups in total. The molecule has 1 amide bonds. The average molecular weight is 468 g/mol. The number of carbonyl (C=O) groups excluding carboxylic acids is 1. The molecule has 3 aromatic rings. The molecule has 1 fully saturated rings. The van der Waals surface area contributed by atoms with Crippen molar-refractivity contribution in [1.29, 1.82) is 0 Å². The Kier molecular flexibility index (Phi) is 5.39. The van der Waals surface area contributed by atoms with E-state index in [0.717, 1.165) is 15.9 Å². The van der Waals surface area contributed by atoms with Crippen molar-refractivity contribution in [3.05, 3.63) is 31.9 Å². The quantitative estimate of drug-likeness (QED) is 0.585. The highest BCUT2D eigenvalue weighted by Crippen LogP contribution is 2.38. The van der Waals surface area contributed by atoms with E-state index < -0.39 is 41.7 Å². The van der Waals surface area contributed by atoms with E-state index in [-0.39, 0.29) is 17.1 Å². The van der Waals surface area contributed by atoms with Crippen LogP contribution in [0.15, 0.2) is 15.8 Å². The summed E-state index contributed by atoms with van der Waals surface area (Å²) >= 11 is 1.15. The number of hydrogen-bond acceptors (Lipinski definition) is 7. The summed E-state index contributed by atoms with van der Waals surface area (Å²) in [5.41, 5.74) is -0.635. The van der Waals surface area contributed by atoms with Gasteiger partial charge in [0.1, 0.15) is 18.0 Å². The summed E-state index contributed by atoms with van der Waals surface area (Å²) in [5.74, 6) is -0.202. The second-order valence-electron chi connectivity index (χ2n) is 7.93. The molecule has 4 rings (SSSR count). The van der Waals surface area contributed by atoms with E-state index in [9.17, 15) is 23.2 Å². The third-order valence-electron chi connectivity index (χ3n) is 5.90. The van der Waals surface area contributed by atoms with Crippen molar-refractivity contribution < 1.29 is 13.6 Å². The molecule has 13 heteroatoms. The van der Waals surface area contributed by atoms with Gasteiger partial charge in [0.15, 0.2) is 16.9 Å². The van der Waals surface area contributed by atoms with Crippen molar-refractivity contribution in [2.75, 3.05) is 10.2 Å². The number of halogens is 2. The van der Waals surface area contributed by atoms with Crippen LogP contribution in [0.2, 0.25) is 0 Å². The van der Waals surface area contributed by atoms with Crippen LogP contribution in [0.3, 0.4) is 0 Å². The zero-order valence-electron chi connectivity index (χ0n) is 18.2. The number of carbonyl (C=O) groups is 1. The normalized spacial score (nSPS) is 22.0. The second-order valence-corrected chi connectivity index (χ2v) is 9.13. The Balaban J connectivity index is 1.62. The number of aromatic nitrogens is 5. The number of amides is 1. The molecule has 32 heavy (non-hydrogen) atoms. The Morgan fingerprint density at radius 3 is 2.59 bits per heavy atom. The lowest BCUT2D eigenvalue weighted by atomic mass is 10.2. The molecule has 3 unspecified atom stereocenters. The van der Waals surface area contributed by atoms with Gasteiger partial charge in [-0.25, -0.2) is 23.2 Å². The first kappa shape index (κ1) is 22.1. The lowest BCUT2D eigenvalue weighted by molar-refractivity contribution is -0.119. The Bertz CT molecular complexity index is 1330. The van der Waals surface area contributed by atoms with E-state index in [1.54, 1.807) is 20.8 Å². The molecule has 3 aromatic heterocycles. The van der Waals surface area contributed by atoms with Crippen LogP contribution in [0.25, 0.3) is 11.0 Å². The molecule has 0 aliphatic carbocycles. The van der Waals surface area contributed by atoms with E-state index >= 15 is 0 Å². The van der Waals surface area contributed by atoms with Gasteiger partial charge in [0, 0.05) is 25.4 Å². The number of hydrogen-bond donors (Lipinski definition) is 1. The summed E-state index contributed by atoms with van der Waals surface area (Å²) < 4.78 is 31.7. The number of thiazole rings is 1. The third kappa shape index (κ3) is 3.31. The predicted molar refractivity (Wildman–Crippen MR) is 117 cm³/mol. The topological polar surface area (TPSA) is 107 Å². The highest BCUT2D eigenvalue weighted by Gasteiger charge is 2.41. The van der Waals surface area contributed by atoms with Crippen molar-refractivity contribution in [2.45, 2.75) is 51.7 Å². The molecule has 1 saturated heterocycles. The van der Waals surface area contributed by atoms with E-state index in [4.69, 9.17) is 0 Å². The monoisotopic (exact) mass is 467 g/mol. The smallest absolute Gasteiger partial charge is 0.320 e. The minimum Gasteiger partial charge on any atom is -0.320 e. The first-order valence-corrected chi connectivity index (χ1v) is 10.8. The molecule has 0 saturated carbocycles. The molecule has 0 aromatic carbocycles. The van der Waals surface area contributed by atoms with Crippen LogP contribution < -0.4 is 21.5 Å². The number of nitrogens with zero attached hydrogens (tertiary/aromatic N) is 6. The first-order chi connectivity index (χ1) is 15.0. The molecule has 172 valence electrons. The van der Waals surface area contributed by atoms with Gasteiger partial charge in [0.05, 0.1) is 17.8 Å². The van der Waals surface area contributed by atoms with Gasteiger partial charge in [0.2, 0.25) is 0 Å². The number of alkyl halides is 2. The van der Waals surface area contributed by atoms with Gasteiger partial charge in [-0.15, -0.1) is 0 Å². The number of aryl methyl sites for hydroxylation is 2. The van der Waals surface area contributed by atoms with Crippen LogP contribution in [-0.2, 0) is 18.9 Å². The lowest BCUT2D eigenvalue weighted by Gasteiger charge is -2.24. The molecule has 4 heterocycles. The largest absolute Gasteiger partial charge is 0.331 e. The molecule has 0 bridgehead atoms. The fourth-order valence-electron chi connectivity index (χ4n) is 3.93. The molecule has 0 radical (unpaired) electrons. The van der Waals surface area contributed by atoms with Gasteiger partial charge in [-0.05, 0) is 20.8 Å². The fourth-order valence-corrected chi connectivity index (χ4v) is 4.74. The van der Waals surface area contributed by atoms with Crippen LogP contribution >= 0.6 is 11.3 Å². The minimum atomic E-state index is -1.48. The fraction of sp³-hybridized carbons (Fsp3) is 0.526. The summed E-state index contributed by atoms with van der Waals surface area (Å²) in [6, 6.07) is -1.56. The van der Waals surface area contributed by atoms with Crippen molar-refractivity contribution in [3.63, 3.8) is 0 Å². The molecule has 10 nitrogen and oxygen atoms in total. The third-order valence-corrected chi connectivity index (χ3v) is 6.77. The van der Waals surface area contributed by atoms with Gasteiger partial charge >= 0.3 is 5.69 Å². The highest BCUT2D eigenvalue weighted by molar-refractivity contribution is 7.16. The second kappa shape index (κ2) is 7.80. The van der Waals surface area contributed by atoms with Crippen molar-refractivity contribution in [1.82, 2.24) is 23.9 Å². The summed E-state index contributed by atoms with van der Waals surface area (Å²) in [6.07, 6.45) is -1.64. The number of fused-ring (bicyclic) bond motifs is 1. The Morgan fingerprint density at radius 2 is 1.97 bits per heavy atom. The van der Waals surface area contributed by atoms with Crippen LogP contribution in [0.5, 0.6) is 0 Å². The van der Waals surface area contributed by atoms with Gasteiger partial charge < -0.3 is 10.2 Å². The molecular weight excluding hydrogens is 444 g/mol. The van der Waals surface area contributed by atoms with Crippen molar-refractivity contribution in [2.24, 2.45) is 14.1 Å². The molecular formula is C19H23F2N7O3S. The van der Waals surface area contributed by atoms with Gasteiger partial charge in [-0.3, -0.25) is 18.7 Å². The minimum absolute atomic E-state index is 0.119. The molecule has 1 aliphatic heterocycles. The zero-order valence-corrected chi connectivity index (χ0v) is 19.0. The average Bonchev–Trinajstić information content (AvgIpc) is 3.40. The number of rotatable bonds is 4. The molecule has 4 atom stereocenters. The Hall–Kier alpha value is -3.09. The van der Waals surface area contributed by atoms with E-state index in [0.29, 0.717) is 16.2 Å². The van der Waals surface area contributed by atoms with Crippen LogP contribution in [0.1, 0.15) is 31.2 Å². The van der Waals surface area contributed by atoms with E-state index in [1.807, 2.05) is 0 Å². The maximum Gasteiger partial charge on any atom is 0.331 e. The highest BCUT2D eigenvalue weighted by atomic mass is 32.1. The zero-order chi connectivity index (χ0) is 23.5. The maximum absolute atomic E-state index is 14.3.